The third-order valence-corrected chi connectivity index (χ3v) is 13.9. The number of nitrogens with zero attached hydrogens (tertiary/aromatic N) is 6. The van der Waals surface area contributed by atoms with E-state index in [2.05, 4.69) is 288 Å². The summed E-state index contributed by atoms with van der Waals surface area (Å²) < 4.78 is 1.92. The van der Waals surface area contributed by atoms with Gasteiger partial charge in [0.15, 0.2) is 0 Å². The predicted molar refractivity (Wildman–Crippen MR) is 456 cm³/mol. The number of hydrogen-bond donors (Lipinski definition) is 1. The van der Waals surface area contributed by atoms with E-state index in [9.17, 15) is 34.5 Å². The second kappa shape index (κ2) is 47.6. The van der Waals surface area contributed by atoms with Gasteiger partial charge in [0, 0.05) is 298 Å². The van der Waals surface area contributed by atoms with Gasteiger partial charge in [-0.2, -0.15) is 0 Å². The fraction of sp³-hybridized carbons (Fsp3) is 0.221. The predicted octanol–water partition coefficient (Wildman–Crippen LogP) is 4.18. The van der Waals surface area contributed by atoms with Crippen LogP contribution in [0.5, 0.6) is 0 Å². The number of benzene rings is 2. The standard InChI is InChI=1S/C86H55N7O7.HI.In.34H2/c1-7-9-11-13-15-17-19-21-23-25-27-29-31-33-35-37-39-41-43-50-58-92-77-53-49-48-52-75(77)85(3,4)79(92)54-46-45-47-55-80-86(5,6)76-68-74(56-57-78(76)93(80)59-51-44-42-40-38-36-34-32-30-28-26-24-22-20-18-16-14-12-10-8-2)69-87-81(94)70-88-60-62-89(71-82(95)96)64-66-91(73-84(99)100)67-65-90(63-61-88)72-83(97)98;;;;;;;;;;;;;;;;;;;;;;;;;;;;;;;;;;;;/h1-2,45-49,52-57,68H,60-67,69-73H2,3-6H3,(H3-,87,94,95,96,97,98,99,100);1H;;34*1H/q;;+3;;;;;;;;;;;;;;;;;;;;;;;;;;;;;;;;;;/p-3. The number of hydrogen-bond acceptors (Lipinski definition) is 12. The molecule has 1 amide bonds. The fourth-order valence-corrected chi connectivity index (χ4v) is 9.37. The van der Waals surface area contributed by atoms with E-state index in [1.54, 1.807) is 14.7 Å². The Labute approximate surface area is 685 Å². The zero-order valence-corrected chi connectivity index (χ0v) is 61.2. The minimum absolute atomic E-state index is 0. The van der Waals surface area contributed by atoms with Crippen LogP contribution < -0.4 is 49.5 Å². The largest absolute Gasteiger partial charge is 3.00 e. The molecule has 0 spiro atoms. The molecule has 0 bridgehead atoms. The molecule has 102 heavy (non-hydrogen) atoms. The van der Waals surface area contributed by atoms with Crippen molar-refractivity contribution in [2.75, 3.05) is 83.4 Å². The van der Waals surface area contributed by atoms with Crippen LogP contribution in [0.1, 0.15) is 92.9 Å². The summed E-state index contributed by atoms with van der Waals surface area (Å²) in [5.41, 5.74) is 5.14. The quantitative estimate of drug-likeness (QED) is 0.132. The van der Waals surface area contributed by atoms with E-state index in [4.69, 9.17) is 12.8 Å². The van der Waals surface area contributed by atoms with Crippen molar-refractivity contribution in [1.29, 1.82) is 0 Å². The summed E-state index contributed by atoms with van der Waals surface area (Å²) in [6.45, 7) is 8.76. The molecule has 5 rings (SSSR count). The molecule has 2 aromatic carbocycles. The number of allylic oxidation sites excluding steroid dienone is 6. The molecular formula is C86H121IInN7O7. The van der Waals surface area contributed by atoms with Crippen LogP contribution in [0.2, 0.25) is 0 Å². The number of halogens is 1. The van der Waals surface area contributed by atoms with Gasteiger partial charge in [-0.1, -0.05) is 62.4 Å². The van der Waals surface area contributed by atoms with E-state index >= 15 is 0 Å². The van der Waals surface area contributed by atoms with Gasteiger partial charge in [0.2, 0.25) is 23.4 Å². The molecule has 14 nitrogen and oxygen atoms in total. The van der Waals surface area contributed by atoms with Crippen LogP contribution in [-0.4, -0.2) is 158 Å². The number of carbonyl (C=O) groups is 4. The maximum absolute atomic E-state index is 13.8. The van der Waals surface area contributed by atoms with Crippen LogP contribution in [0, 0.1) is 262 Å². The molecule has 1 fully saturated rings. The zero-order valence-electron chi connectivity index (χ0n) is 55.8. The van der Waals surface area contributed by atoms with Crippen LogP contribution >= 0.6 is 0 Å². The van der Waals surface area contributed by atoms with Crippen LogP contribution in [0.25, 0.3) is 0 Å². The zero-order chi connectivity index (χ0) is 71.9. The number of carboxylic acid groups (broad SMARTS) is 3. The topological polar surface area (TPSA) is 169 Å². The van der Waals surface area contributed by atoms with E-state index in [1.165, 1.54) is 0 Å². The molecule has 3 aliphatic heterocycles. The molecule has 552 valence electrons. The van der Waals surface area contributed by atoms with Crippen molar-refractivity contribution >= 4 is 66.7 Å². The van der Waals surface area contributed by atoms with Crippen molar-refractivity contribution in [3.8, 4) is 262 Å². The number of carbonyl (C=O) groups excluding carboxylic acids is 4. The van der Waals surface area contributed by atoms with Crippen molar-refractivity contribution < 1.29 is 112 Å². The van der Waals surface area contributed by atoms with Gasteiger partial charge in [-0.15, -0.1) is 17.4 Å². The van der Waals surface area contributed by atoms with E-state index < -0.39 is 48.4 Å². The number of nitrogens with one attached hydrogen (secondary N) is 1. The molecule has 3 aliphatic rings. The van der Waals surface area contributed by atoms with Gasteiger partial charge in [-0.05, 0) is 132 Å². The third-order valence-electron chi connectivity index (χ3n) is 13.9. The molecule has 0 unspecified atom stereocenters. The monoisotopic (exact) mass is 1610 g/mol. The number of fused-ring (bicyclic) bond motifs is 2. The molecule has 1 N–H and O–H groups in total. The van der Waals surface area contributed by atoms with Crippen molar-refractivity contribution in [2.45, 2.75) is 45.1 Å². The Morgan fingerprint density at radius 3 is 1.23 bits per heavy atom. The summed E-state index contributed by atoms with van der Waals surface area (Å²) in [5.74, 6) is 97.7. The molecule has 3 heterocycles. The Kier molecular flexibility index (Phi) is 38.8. The minimum Gasteiger partial charge on any atom is -1.00 e. The Bertz CT molecular complexity index is 5350. The summed E-state index contributed by atoms with van der Waals surface area (Å²) in [6.07, 6.45) is 19.8. The Hall–Kier alpha value is -13.2. The maximum Gasteiger partial charge on any atom is 3.00 e. The fourth-order valence-electron chi connectivity index (χ4n) is 9.37. The van der Waals surface area contributed by atoms with Crippen molar-refractivity contribution in [3.05, 3.63) is 95.2 Å². The number of terminal acetylenes is 2. The number of aliphatic carboxylic acids is 3. The molecule has 0 atom stereocenters. The van der Waals surface area contributed by atoms with Crippen molar-refractivity contribution in [1.82, 2.24) is 24.9 Å². The first-order valence-electron chi connectivity index (χ1n) is 30.0. The van der Waals surface area contributed by atoms with Crippen molar-refractivity contribution in [3.63, 3.8) is 0 Å². The first kappa shape index (κ1) is 83.0. The molecule has 1 saturated heterocycles. The Balaban J connectivity index is -0.000000100. The summed E-state index contributed by atoms with van der Waals surface area (Å²) in [5, 5.41) is 38.0. The van der Waals surface area contributed by atoms with Gasteiger partial charge < -0.3 is 59.0 Å². The van der Waals surface area contributed by atoms with Gasteiger partial charge in [0.05, 0.1) is 41.5 Å². The summed E-state index contributed by atoms with van der Waals surface area (Å²) in [6, 6.07) is 20.2. The van der Waals surface area contributed by atoms with Crippen LogP contribution in [0.3, 0.4) is 0 Å². The van der Waals surface area contributed by atoms with E-state index in [0.29, 0.717) is 0 Å². The number of carboxylic acids is 3. The smallest absolute Gasteiger partial charge is 1.00 e. The van der Waals surface area contributed by atoms with Gasteiger partial charge in [-0.25, -0.2) is 0 Å². The van der Waals surface area contributed by atoms with E-state index in [0.717, 1.165) is 39.5 Å². The molecule has 0 aromatic heterocycles. The summed E-state index contributed by atoms with van der Waals surface area (Å²) in [4.78, 5) is 57.2. The Morgan fingerprint density at radius 2 is 0.833 bits per heavy atom. The van der Waals surface area contributed by atoms with E-state index in [1.807, 2.05) is 81.2 Å². The first-order chi connectivity index (χ1) is 48.5. The number of para-hydroxylation sites is 1. The van der Waals surface area contributed by atoms with Crippen LogP contribution in [0.15, 0.2) is 78.5 Å². The van der Waals surface area contributed by atoms with Gasteiger partial charge >= 0.3 is 25.8 Å². The molecule has 0 saturated carbocycles. The second-order valence-electron chi connectivity index (χ2n) is 21.2. The van der Waals surface area contributed by atoms with Crippen molar-refractivity contribution in [2.24, 2.45) is 0 Å². The molecule has 0 aliphatic carbocycles. The molecular weight excluding hydrogens is 1480 g/mol. The first-order valence-corrected chi connectivity index (χ1v) is 30.0. The molecule has 16 heteroatoms. The number of anilines is 1. The maximum atomic E-state index is 13.8. The number of rotatable bonds is 13. The van der Waals surface area contributed by atoms with Gasteiger partial charge in [-0.3, -0.25) is 29.3 Å². The SMILES string of the molecule is C#CC#CC#CC#CC#CC#CC#CC#CC#CC#CC#CN1C(=CC=CC=CC2=[N+](C#CC#CC#CC#CC#CC#CC#CC#CC#CC#CC#C)c3ccccc3C2(C)C)C(C)(C)c2cc(CNC(=O)CN3CCN(CC(=O)[O-])CCN(CC(=O)[O-])CCN(CC(=O)[O-])CC3)ccc21.[HH].[HH].[HH].[HH].[HH].[HH].[HH].[HH].[HH].[HH].[HH].[HH].[HH].[HH].[HH].[HH].[HH].[HH].[HH].[HH].[HH].[HH].[HH].[HH].[HH].[HH].[HH].[HH].[HH].[HH].[HH].[HH].[HH].[HH].[I-].[In+3]. The summed E-state index contributed by atoms with van der Waals surface area (Å²) in [7, 11) is 0. The average Bonchev–Trinajstić information content (AvgIpc) is 1.59. The van der Waals surface area contributed by atoms with Crippen LogP contribution in [-0.2, 0) is 36.6 Å². The molecule has 2 aromatic rings. The van der Waals surface area contributed by atoms with Gasteiger partial charge in [0.1, 0.15) is 0 Å². The molecule has 0 radical (unpaired) electrons. The van der Waals surface area contributed by atoms with E-state index in [-0.39, 0.29) is 170 Å². The summed E-state index contributed by atoms with van der Waals surface area (Å²) >= 11 is 0. The number of amides is 1. The average molecular weight is 1610 g/mol. The second-order valence-corrected chi connectivity index (χ2v) is 21.2. The Morgan fingerprint density at radius 1 is 0.471 bits per heavy atom. The third kappa shape index (κ3) is 30.9. The normalized spacial score (nSPS) is 13.2. The van der Waals surface area contributed by atoms with Crippen LogP contribution in [0.4, 0.5) is 11.4 Å². The van der Waals surface area contributed by atoms with Gasteiger partial charge in [0.25, 0.3) is 0 Å². The minimum atomic E-state index is -1.32.